The lowest BCUT2D eigenvalue weighted by atomic mass is 9.97. The minimum Gasteiger partial charge on any atom is -0.456 e. The van der Waals surface area contributed by atoms with E-state index < -0.39 is 0 Å². The standard InChI is InChI=1S/C52H34N2O/c1-2-16-42-35(12-1)13-10-20-43(42)37-14-9-15-41(34-37)53(38-28-26-36(27-29-38)44-21-11-25-51-52(44)47-19-5-8-24-50(47)55-51)39-30-32-40(33-31-39)54-48-22-6-3-17-45(48)46-18-4-7-23-49(46)54/h1-34H. The van der Waals surface area contributed by atoms with Crippen LogP contribution in [-0.2, 0) is 0 Å². The highest BCUT2D eigenvalue weighted by Gasteiger charge is 2.18. The van der Waals surface area contributed by atoms with Gasteiger partial charge >= 0.3 is 0 Å². The maximum atomic E-state index is 6.24. The van der Waals surface area contributed by atoms with E-state index in [1.54, 1.807) is 0 Å². The molecule has 0 aliphatic carbocycles. The van der Waals surface area contributed by atoms with Crippen molar-refractivity contribution in [3.8, 4) is 27.9 Å². The highest BCUT2D eigenvalue weighted by Crippen LogP contribution is 2.41. The van der Waals surface area contributed by atoms with E-state index in [0.717, 1.165) is 55.8 Å². The molecule has 0 unspecified atom stereocenters. The maximum absolute atomic E-state index is 6.24. The molecule has 0 spiro atoms. The second kappa shape index (κ2) is 12.6. The molecule has 0 atom stereocenters. The summed E-state index contributed by atoms with van der Waals surface area (Å²) in [6, 6.07) is 74.0. The van der Waals surface area contributed by atoms with Crippen LogP contribution in [0.2, 0.25) is 0 Å². The Bertz CT molecular complexity index is 3150. The maximum Gasteiger partial charge on any atom is 0.136 e. The van der Waals surface area contributed by atoms with Crippen molar-refractivity contribution in [1.29, 1.82) is 0 Å². The molecule has 0 amide bonds. The molecule has 0 aliphatic heterocycles. The third-order valence-electron chi connectivity index (χ3n) is 11.0. The molecule has 258 valence electrons. The average molecular weight is 703 g/mol. The molecule has 3 heteroatoms. The van der Waals surface area contributed by atoms with Gasteiger partial charge < -0.3 is 13.9 Å². The van der Waals surface area contributed by atoms with Crippen LogP contribution in [0.25, 0.3) is 82.5 Å². The van der Waals surface area contributed by atoms with Gasteiger partial charge in [0.15, 0.2) is 0 Å². The van der Waals surface area contributed by atoms with E-state index in [9.17, 15) is 0 Å². The summed E-state index contributed by atoms with van der Waals surface area (Å²) < 4.78 is 8.61. The van der Waals surface area contributed by atoms with Crippen molar-refractivity contribution in [2.75, 3.05) is 4.90 Å². The van der Waals surface area contributed by atoms with Gasteiger partial charge in [-0.15, -0.1) is 0 Å². The number of nitrogens with zero attached hydrogens (tertiary/aromatic N) is 2. The predicted molar refractivity (Wildman–Crippen MR) is 231 cm³/mol. The summed E-state index contributed by atoms with van der Waals surface area (Å²) in [5.41, 5.74) is 13.3. The van der Waals surface area contributed by atoms with E-state index in [-0.39, 0.29) is 0 Å². The lowest BCUT2D eigenvalue weighted by molar-refractivity contribution is 0.669. The Morgan fingerprint density at radius 2 is 0.927 bits per heavy atom. The fraction of sp³-hybridized carbons (Fsp3) is 0. The van der Waals surface area contributed by atoms with E-state index in [1.807, 2.05) is 12.1 Å². The Morgan fingerprint density at radius 1 is 0.364 bits per heavy atom. The topological polar surface area (TPSA) is 21.3 Å². The van der Waals surface area contributed by atoms with Crippen LogP contribution in [-0.4, -0.2) is 4.57 Å². The third-order valence-corrected chi connectivity index (χ3v) is 11.0. The Balaban J connectivity index is 1.05. The van der Waals surface area contributed by atoms with Gasteiger partial charge in [-0.1, -0.05) is 133 Å². The van der Waals surface area contributed by atoms with Crippen molar-refractivity contribution >= 4 is 71.6 Å². The Labute approximate surface area is 318 Å². The molecule has 2 aromatic heterocycles. The van der Waals surface area contributed by atoms with Crippen LogP contribution in [0.5, 0.6) is 0 Å². The van der Waals surface area contributed by atoms with Gasteiger partial charge in [0.1, 0.15) is 11.2 Å². The molecule has 0 saturated heterocycles. The number of anilines is 3. The van der Waals surface area contributed by atoms with Crippen molar-refractivity contribution in [3.63, 3.8) is 0 Å². The Kier molecular flexibility index (Phi) is 7.17. The lowest BCUT2D eigenvalue weighted by Gasteiger charge is -2.26. The molecule has 2 heterocycles. The van der Waals surface area contributed by atoms with Gasteiger partial charge in [-0.25, -0.2) is 0 Å². The molecule has 0 radical (unpaired) electrons. The molecule has 11 aromatic rings. The second-order valence-electron chi connectivity index (χ2n) is 14.1. The predicted octanol–water partition coefficient (Wildman–Crippen LogP) is 14.6. The number of rotatable bonds is 6. The van der Waals surface area contributed by atoms with Gasteiger partial charge in [0.2, 0.25) is 0 Å². The van der Waals surface area contributed by atoms with Gasteiger partial charge in [-0.3, -0.25) is 0 Å². The molecule has 9 aromatic carbocycles. The molecular weight excluding hydrogens is 669 g/mol. The summed E-state index contributed by atoms with van der Waals surface area (Å²) >= 11 is 0. The van der Waals surface area contributed by atoms with Crippen molar-refractivity contribution in [3.05, 3.63) is 206 Å². The van der Waals surface area contributed by atoms with E-state index in [1.165, 1.54) is 43.7 Å². The summed E-state index contributed by atoms with van der Waals surface area (Å²) in [5, 5.41) is 7.27. The quantitative estimate of drug-likeness (QED) is 0.172. The summed E-state index contributed by atoms with van der Waals surface area (Å²) in [6.45, 7) is 0. The second-order valence-corrected chi connectivity index (χ2v) is 14.1. The highest BCUT2D eigenvalue weighted by atomic mass is 16.3. The molecule has 0 bridgehead atoms. The monoisotopic (exact) mass is 702 g/mol. The van der Waals surface area contributed by atoms with Crippen LogP contribution in [0.15, 0.2) is 211 Å². The average Bonchev–Trinajstić information content (AvgIpc) is 3.80. The summed E-state index contributed by atoms with van der Waals surface area (Å²) in [7, 11) is 0. The molecule has 0 N–H and O–H groups in total. The smallest absolute Gasteiger partial charge is 0.136 e. The van der Waals surface area contributed by atoms with Crippen LogP contribution in [0, 0.1) is 0 Å². The van der Waals surface area contributed by atoms with Crippen molar-refractivity contribution < 1.29 is 4.42 Å². The minimum absolute atomic E-state index is 0.901. The van der Waals surface area contributed by atoms with Crippen LogP contribution >= 0.6 is 0 Å². The van der Waals surface area contributed by atoms with Crippen LogP contribution in [0.1, 0.15) is 0 Å². The fourth-order valence-corrected chi connectivity index (χ4v) is 8.49. The number of hydrogen-bond acceptors (Lipinski definition) is 2. The fourth-order valence-electron chi connectivity index (χ4n) is 8.49. The first-order valence-electron chi connectivity index (χ1n) is 18.8. The molecular formula is C52H34N2O. The van der Waals surface area contributed by atoms with E-state index in [0.29, 0.717) is 0 Å². The van der Waals surface area contributed by atoms with Crippen LogP contribution in [0.3, 0.4) is 0 Å². The van der Waals surface area contributed by atoms with Gasteiger partial charge in [0, 0.05) is 44.3 Å². The molecule has 0 aliphatic rings. The minimum atomic E-state index is 0.901. The molecule has 11 rings (SSSR count). The zero-order valence-electron chi connectivity index (χ0n) is 29.9. The van der Waals surface area contributed by atoms with Crippen molar-refractivity contribution in [2.45, 2.75) is 0 Å². The lowest BCUT2D eigenvalue weighted by Crippen LogP contribution is -2.10. The summed E-state index contributed by atoms with van der Waals surface area (Å²) in [4.78, 5) is 2.36. The van der Waals surface area contributed by atoms with Crippen molar-refractivity contribution in [1.82, 2.24) is 4.57 Å². The van der Waals surface area contributed by atoms with Gasteiger partial charge in [-0.2, -0.15) is 0 Å². The number of fused-ring (bicyclic) bond motifs is 7. The SMILES string of the molecule is c1cc(-c2cccc3ccccc23)cc(N(c2ccc(-c3cccc4oc5ccccc5c34)cc2)c2ccc(-n3c4ccccc4c4ccccc43)cc2)c1. The Hall–Kier alpha value is -7.36. The number of para-hydroxylation sites is 3. The van der Waals surface area contributed by atoms with Gasteiger partial charge in [0.05, 0.1) is 11.0 Å². The van der Waals surface area contributed by atoms with E-state index in [2.05, 4.69) is 204 Å². The zero-order chi connectivity index (χ0) is 36.3. The first kappa shape index (κ1) is 31.2. The normalized spacial score (nSPS) is 11.6. The molecule has 0 fully saturated rings. The van der Waals surface area contributed by atoms with Gasteiger partial charge in [-0.05, 0) is 106 Å². The Morgan fingerprint density at radius 3 is 1.69 bits per heavy atom. The van der Waals surface area contributed by atoms with Crippen LogP contribution < -0.4 is 4.90 Å². The first-order chi connectivity index (χ1) is 27.3. The largest absolute Gasteiger partial charge is 0.456 e. The van der Waals surface area contributed by atoms with Gasteiger partial charge in [0.25, 0.3) is 0 Å². The van der Waals surface area contributed by atoms with Crippen molar-refractivity contribution in [2.24, 2.45) is 0 Å². The van der Waals surface area contributed by atoms with E-state index >= 15 is 0 Å². The summed E-state index contributed by atoms with van der Waals surface area (Å²) in [5.74, 6) is 0. The number of benzene rings is 9. The van der Waals surface area contributed by atoms with E-state index in [4.69, 9.17) is 4.42 Å². The highest BCUT2D eigenvalue weighted by molar-refractivity contribution is 6.12. The first-order valence-corrected chi connectivity index (χ1v) is 18.8. The summed E-state index contributed by atoms with van der Waals surface area (Å²) in [6.07, 6.45) is 0. The van der Waals surface area contributed by atoms with Crippen LogP contribution in [0.4, 0.5) is 17.1 Å². The number of hydrogen-bond donors (Lipinski definition) is 0. The molecule has 55 heavy (non-hydrogen) atoms. The third kappa shape index (κ3) is 5.13. The molecule has 0 saturated carbocycles. The number of aromatic nitrogens is 1. The molecule has 3 nitrogen and oxygen atoms in total. The zero-order valence-corrected chi connectivity index (χ0v) is 29.9. The number of furan rings is 1.